The van der Waals surface area contributed by atoms with E-state index in [2.05, 4.69) is 5.32 Å². The van der Waals surface area contributed by atoms with Crippen molar-refractivity contribution in [2.45, 2.75) is 13.5 Å². The lowest BCUT2D eigenvalue weighted by atomic mass is 9.95. The highest BCUT2D eigenvalue weighted by Gasteiger charge is 2.17. The summed E-state index contributed by atoms with van der Waals surface area (Å²) in [5, 5.41) is 4.89. The predicted octanol–water partition coefficient (Wildman–Crippen LogP) is 6.65. The highest BCUT2D eigenvalue weighted by molar-refractivity contribution is 6.08. The van der Waals surface area contributed by atoms with Crippen LogP contribution in [-0.4, -0.2) is 12.7 Å². The number of anilines is 1. The summed E-state index contributed by atoms with van der Waals surface area (Å²) >= 11 is 0. The van der Waals surface area contributed by atoms with Gasteiger partial charge >= 0.3 is 6.09 Å². The molecule has 150 valence electrons. The normalized spacial score (nSPS) is 10.6. The van der Waals surface area contributed by atoms with Crippen LogP contribution in [0.15, 0.2) is 91.0 Å². The third-order valence-corrected chi connectivity index (χ3v) is 4.82. The molecule has 0 aliphatic heterocycles. The topological polar surface area (TPSA) is 47.6 Å². The zero-order valence-electron chi connectivity index (χ0n) is 16.8. The number of nitrogens with one attached hydrogen (secondary N) is 1. The molecule has 0 aliphatic carbocycles. The monoisotopic (exact) mass is 397 g/mol. The summed E-state index contributed by atoms with van der Waals surface area (Å²) in [7, 11) is 0. The van der Waals surface area contributed by atoms with Gasteiger partial charge in [0, 0.05) is 17.0 Å². The summed E-state index contributed by atoms with van der Waals surface area (Å²) in [6.07, 6.45) is -0.487. The molecule has 0 heterocycles. The van der Waals surface area contributed by atoms with Crippen LogP contribution in [0.25, 0.3) is 21.9 Å². The number of rotatable bonds is 6. The van der Waals surface area contributed by atoms with Crippen molar-refractivity contribution in [2.24, 2.45) is 0 Å². The van der Waals surface area contributed by atoms with E-state index in [9.17, 15) is 4.79 Å². The molecule has 4 heteroatoms. The van der Waals surface area contributed by atoms with Crippen molar-refractivity contribution in [2.75, 3.05) is 11.9 Å². The molecule has 4 aromatic carbocycles. The molecule has 4 nitrogen and oxygen atoms in total. The van der Waals surface area contributed by atoms with Crippen LogP contribution < -0.4 is 10.1 Å². The zero-order valence-corrected chi connectivity index (χ0v) is 16.8. The van der Waals surface area contributed by atoms with Crippen LogP contribution in [0.1, 0.15) is 12.5 Å². The lowest BCUT2D eigenvalue weighted by Crippen LogP contribution is -2.14. The van der Waals surface area contributed by atoms with Crippen molar-refractivity contribution >= 4 is 22.6 Å². The average Bonchev–Trinajstić information content (AvgIpc) is 2.79. The minimum absolute atomic E-state index is 0.303. The summed E-state index contributed by atoms with van der Waals surface area (Å²) in [5.41, 5.74) is 3.68. The first-order chi connectivity index (χ1) is 14.8. The van der Waals surface area contributed by atoms with E-state index in [0.29, 0.717) is 24.7 Å². The Morgan fingerprint density at radius 3 is 2.17 bits per heavy atom. The van der Waals surface area contributed by atoms with E-state index in [1.54, 1.807) is 6.92 Å². The van der Waals surface area contributed by atoms with Gasteiger partial charge in [0.25, 0.3) is 0 Å². The van der Waals surface area contributed by atoms with E-state index in [-0.39, 0.29) is 0 Å². The number of carbonyl (C=O) groups excluding carboxylic acids is 1. The van der Waals surface area contributed by atoms with Crippen molar-refractivity contribution in [1.29, 1.82) is 0 Å². The molecular weight excluding hydrogens is 374 g/mol. The van der Waals surface area contributed by atoms with Crippen molar-refractivity contribution in [3.8, 4) is 16.9 Å². The molecule has 0 saturated carbocycles. The van der Waals surface area contributed by atoms with Gasteiger partial charge in [0.05, 0.1) is 12.3 Å². The molecule has 0 radical (unpaired) electrons. The average molecular weight is 397 g/mol. The van der Waals surface area contributed by atoms with E-state index < -0.39 is 6.09 Å². The summed E-state index contributed by atoms with van der Waals surface area (Å²) in [6, 6.07) is 30.0. The smallest absolute Gasteiger partial charge is 0.411 e. The fraction of sp³-hybridized carbons (Fsp3) is 0.115. The van der Waals surface area contributed by atoms with Gasteiger partial charge < -0.3 is 9.47 Å². The van der Waals surface area contributed by atoms with Gasteiger partial charge in [0.1, 0.15) is 12.4 Å². The minimum atomic E-state index is -0.487. The largest absolute Gasteiger partial charge is 0.488 e. The third kappa shape index (κ3) is 4.28. The van der Waals surface area contributed by atoms with Crippen LogP contribution in [0.3, 0.4) is 0 Å². The number of ether oxygens (including phenoxy) is 2. The van der Waals surface area contributed by atoms with Crippen molar-refractivity contribution in [1.82, 2.24) is 0 Å². The van der Waals surface area contributed by atoms with Crippen LogP contribution in [0, 0.1) is 0 Å². The van der Waals surface area contributed by atoms with Gasteiger partial charge in [-0.1, -0.05) is 84.9 Å². The Hall–Kier alpha value is -3.79. The minimum Gasteiger partial charge on any atom is -0.488 e. The van der Waals surface area contributed by atoms with Crippen LogP contribution in [0.5, 0.6) is 5.75 Å². The number of benzene rings is 4. The standard InChI is InChI=1S/C26H23NO3/c1-2-29-26(28)27-23-17-24(30-18-19-11-5-3-6-12-19)21-15-9-10-16-22(21)25(23)20-13-7-4-8-14-20/h3-17H,2,18H2,1H3,(H,27,28). The second kappa shape index (κ2) is 9.14. The third-order valence-electron chi connectivity index (χ3n) is 4.82. The maximum Gasteiger partial charge on any atom is 0.411 e. The van der Waals surface area contributed by atoms with Crippen molar-refractivity contribution in [3.63, 3.8) is 0 Å². The van der Waals surface area contributed by atoms with Crippen LogP contribution in [-0.2, 0) is 11.3 Å². The van der Waals surface area contributed by atoms with Crippen LogP contribution >= 0.6 is 0 Å². The maximum atomic E-state index is 12.2. The Balaban J connectivity index is 1.83. The van der Waals surface area contributed by atoms with Gasteiger partial charge in [-0.3, -0.25) is 5.32 Å². The van der Waals surface area contributed by atoms with E-state index in [0.717, 1.165) is 27.5 Å². The number of hydrogen-bond acceptors (Lipinski definition) is 3. The molecule has 1 N–H and O–H groups in total. The van der Waals surface area contributed by atoms with Gasteiger partial charge in [0.2, 0.25) is 0 Å². The summed E-state index contributed by atoms with van der Waals surface area (Å²) in [6.45, 7) is 2.53. The van der Waals surface area contributed by atoms with Crippen LogP contribution in [0.2, 0.25) is 0 Å². The van der Waals surface area contributed by atoms with E-state index in [4.69, 9.17) is 9.47 Å². The molecule has 4 aromatic rings. The first kappa shape index (κ1) is 19.5. The predicted molar refractivity (Wildman–Crippen MR) is 121 cm³/mol. The van der Waals surface area contributed by atoms with Crippen LogP contribution in [0.4, 0.5) is 10.5 Å². The molecule has 4 rings (SSSR count). The number of fused-ring (bicyclic) bond motifs is 1. The Bertz CT molecular complexity index is 1140. The molecule has 0 saturated heterocycles. The Morgan fingerprint density at radius 1 is 0.833 bits per heavy atom. The molecule has 0 spiro atoms. The molecule has 0 fully saturated rings. The molecule has 0 atom stereocenters. The molecular formula is C26H23NO3. The highest BCUT2D eigenvalue weighted by atomic mass is 16.5. The SMILES string of the molecule is CCOC(=O)Nc1cc(OCc2ccccc2)c2ccccc2c1-c1ccccc1. The quantitative estimate of drug-likeness (QED) is 0.396. The molecule has 0 aliphatic rings. The Morgan fingerprint density at radius 2 is 1.47 bits per heavy atom. The first-order valence-corrected chi connectivity index (χ1v) is 9.98. The van der Waals surface area contributed by atoms with Gasteiger partial charge in [-0.25, -0.2) is 4.79 Å². The lowest BCUT2D eigenvalue weighted by molar-refractivity contribution is 0.168. The Labute approximate surface area is 176 Å². The number of amides is 1. The number of hydrogen-bond donors (Lipinski definition) is 1. The van der Waals surface area contributed by atoms with Gasteiger partial charge in [-0.05, 0) is 23.4 Å². The summed E-state index contributed by atoms with van der Waals surface area (Å²) in [5.74, 6) is 0.709. The molecule has 0 unspecified atom stereocenters. The van der Waals surface area contributed by atoms with Crippen molar-refractivity contribution in [3.05, 3.63) is 96.6 Å². The molecule has 0 aromatic heterocycles. The summed E-state index contributed by atoms with van der Waals surface area (Å²) in [4.78, 5) is 12.2. The van der Waals surface area contributed by atoms with Gasteiger partial charge in [-0.15, -0.1) is 0 Å². The fourth-order valence-electron chi connectivity index (χ4n) is 3.49. The summed E-state index contributed by atoms with van der Waals surface area (Å²) < 4.78 is 11.3. The van der Waals surface area contributed by atoms with Gasteiger partial charge in [0.15, 0.2) is 0 Å². The first-order valence-electron chi connectivity index (χ1n) is 9.98. The Kier molecular flexibility index (Phi) is 5.95. The zero-order chi connectivity index (χ0) is 20.8. The van der Waals surface area contributed by atoms with Crippen molar-refractivity contribution < 1.29 is 14.3 Å². The highest BCUT2D eigenvalue weighted by Crippen LogP contribution is 2.41. The second-order valence-corrected chi connectivity index (χ2v) is 6.83. The lowest BCUT2D eigenvalue weighted by Gasteiger charge is -2.18. The molecule has 30 heavy (non-hydrogen) atoms. The van der Waals surface area contributed by atoms with E-state index in [1.807, 2.05) is 91.0 Å². The molecule has 0 bridgehead atoms. The second-order valence-electron chi connectivity index (χ2n) is 6.83. The van der Waals surface area contributed by atoms with E-state index >= 15 is 0 Å². The number of carbonyl (C=O) groups is 1. The van der Waals surface area contributed by atoms with E-state index in [1.165, 1.54) is 0 Å². The molecule has 1 amide bonds. The fourth-order valence-corrected chi connectivity index (χ4v) is 3.49. The maximum absolute atomic E-state index is 12.2. The van der Waals surface area contributed by atoms with Gasteiger partial charge in [-0.2, -0.15) is 0 Å².